The van der Waals surface area contributed by atoms with Gasteiger partial charge in [-0.1, -0.05) is 77.1 Å². The second kappa shape index (κ2) is 12.9. The van der Waals surface area contributed by atoms with E-state index in [0.717, 1.165) is 30.4 Å². The molecule has 0 aromatic heterocycles. The van der Waals surface area contributed by atoms with Crippen molar-refractivity contribution in [2.75, 3.05) is 7.05 Å². The Balaban J connectivity index is 0.000000351. The normalized spacial score (nSPS) is 15.0. The first-order valence-electron chi connectivity index (χ1n) is 12.7. The van der Waals surface area contributed by atoms with Gasteiger partial charge in [0, 0.05) is 24.4 Å². The minimum absolute atomic E-state index is 0.0528. The number of ketones is 2. The number of likely N-dealkylation sites (N-methyl/N-ethyl adjacent to an activating group) is 1. The molecule has 2 rings (SSSR count). The van der Waals surface area contributed by atoms with Gasteiger partial charge in [-0.25, -0.2) is 4.79 Å². The first kappa shape index (κ1) is 30.3. The summed E-state index contributed by atoms with van der Waals surface area (Å²) in [6.07, 6.45) is 8.47. The van der Waals surface area contributed by atoms with Gasteiger partial charge in [0.15, 0.2) is 11.6 Å². The quantitative estimate of drug-likeness (QED) is 0.283. The summed E-state index contributed by atoms with van der Waals surface area (Å²) in [5, 5.41) is 0. The van der Waals surface area contributed by atoms with Crippen LogP contribution in [0.2, 0.25) is 0 Å². The molecule has 1 aliphatic rings. The van der Waals surface area contributed by atoms with Crippen molar-refractivity contribution < 1.29 is 19.1 Å². The molecule has 0 saturated heterocycles. The van der Waals surface area contributed by atoms with Crippen LogP contribution in [0.4, 0.5) is 4.79 Å². The number of allylic oxidation sites excluding steroid dienone is 4. The molecule has 194 valence electrons. The number of carbonyl (C=O) groups excluding carboxylic acids is 3. The third kappa shape index (κ3) is 8.79. The minimum atomic E-state index is -0.601. The smallest absolute Gasteiger partial charge is 0.410 e. The molecule has 0 bridgehead atoms. The number of benzene rings is 1. The molecule has 0 radical (unpaired) electrons. The molecule has 0 aliphatic heterocycles. The van der Waals surface area contributed by atoms with Crippen molar-refractivity contribution in [3.63, 3.8) is 0 Å². The lowest BCUT2D eigenvalue weighted by Gasteiger charge is -2.30. The van der Waals surface area contributed by atoms with E-state index in [2.05, 4.69) is 25.2 Å². The maximum Gasteiger partial charge on any atom is 0.410 e. The maximum atomic E-state index is 12.1. The molecule has 0 heterocycles. The summed E-state index contributed by atoms with van der Waals surface area (Å²) in [6.45, 7) is 17.2. The van der Waals surface area contributed by atoms with Crippen LogP contribution < -0.4 is 0 Å². The third-order valence-corrected chi connectivity index (χ3v) is 5.89. The topological polar surface area (TPSA) is 63.7 Å². The number of nitrogens with zero attached hydrogens (tertiary/aromatic N) is 1. The van der Waals surface area contributed by atoms with Crippen molar-refractivity contribution in [3.8, 4) is 0 Å². The second-order valence-electron chi connectivity index (χ2n) is 10.7. The molecule has 1 fully saturated rings. The van der Waals surface area contributed by atoms with Crippen LogP contribution in [0.5, 0.6) is 0 Å². The standard InChI is InChI=1S/C17H22O.C13H23NO3/c1-5-7-8-14(6-2)15-9-11-16(12-10-15)17(18)13(3)4;1-9(2)10(15)13(7-8-13)14(6)11(16)17-12(3,4)5/h6-13H,5H2,1-4H3;9H,7-8H2,1-6H3/b8-7?,14-6+;. The first-order chi connectivity index (χ1) is 16.2. The van der Waals surface area contributed by atoms with Crippen LogP contribution in [0.3, 0.4) is 0 Å². The van der Waals surface area contributed by atoms with Crippen LogP contribution in [0, 0.1) is 11.8 Å². The van der Waals surface area contributed by atoms with Crippen LogP contribution in [0.15, 0.2) is 42.5 Å². The highest BCUT2D eigenvalue weighted by Crippen LogP contribution is 2.44. The molecule has 35 heavy (non-hydrogen) atoms. The molecule has 1 saturated carbocycles. The number of hydrogen-bond donors (Lipinski definition) is 0. The van der Waals surface area contributed by atoms with E-state index < -0.39 is 17.2 Å². The van der Waals surface area contributed by atoms with Gasteiger partial charge in [0.05, 0.1) is 0 Å². The largest absolute Gasteiger partial charge is 0.444 e. The number of ether oxygens (including phenoxy) is 1. The van der Waals surface area contributed by atoms with Crippen LogP contribution in [0.25, 0.3) is 5.57 Å². The van der Waals surface area contributed by atoms with E-state index in [-0.39, 0.29) is 23.4 Å². The molecule has 0 unspecified atom stereocenters. The van der Waals surface area contributed by atoms with Gasteiger partial charge in [0.1, 0.15) is 11.1 Å². The molecule has 5 heteroatoms. The zero-order valence-electron chi connectivity index (χ0n) is 23.4. The Morgan fingerprint density at radius 3 is 1.89 bits per heavy atom. The van der Waals surface area contributed by atoms with Gasteiger partial charge in [-0.15, -0.1) is 0 Å². The number of carbonyl (C=O) groups is 3. The van der Waals surface area contributed by atoms with E-state index in [1.807, 2.05) is 79.7 Å². The van der Waals surface area contributed by atoms with Crippen LogP contribution in [-0.2, 0) is 9.53 Å². The lowest BCUT2D eigenvalue weighted by atomic mass is 9.97. The summed E-state index contributed by atoms with van der Waals surface area (Å²) in [5.74, 6) is 0.331. The Labute approximate surface area is 212 Å². The van der Waals surface area contributed by atoms with Gasteiger partial charge in [-0.2, -0.15) is 0 Å². The molecule has 0 N–H and O–H groups in total. The zero-order chi connectivity index (χ0) is 27.0. The highest BCUT2D eigenvalue weighted by atomic mass is 16.6. The number of hydrogen-bond acceptors (Lipinski definition) is 4. The average molecular weight is 484 g/mol. The van der Waals surface area contributed by atoms with E-state index in [4.69, 9.17) is 4.74 Å². The molecular weight excluding hydrogens is 438 g/mol. The number of rotatable bonds is 8. The first-order valence-corrected chi connectivity index (χ1v) is 12.7. The fourth-order valence-electron chi connectivity index (χ4n) is 3.67. The molecule has 1 amide bonds. The minimum Gasteiger partial charge on any atom is -0.444 e. The molecule has 1 aliphatic carbocycles. The number of Topliss-reactive ketones (excluding diaryl/α,β-unsaturated/α-hetero) is 2. The number of amides is 1. The van der Waals surface area contributed by atoms with Crippen molar-refractivity contribution in [2.45, 2.75) is 92.7 Å². The van der Waals surface area contributed by atoms with E-state index in [1.54, 1.807) is 7.05 Å². The third-order valence-electron chi connectivity index (χ3n) is 5.89. The summed E-state index contributed by atoms with van der Waals surface area (Å²) in [6, 6.07) is 7.87. The highest BCUT2D eigenvalue weighted by molar-refractivity contribution is 5.97. The van der Waals surface area contributed by atoms with Crippen molar-refractivity contribution in [1.82, 2.24) is 4.90 Å². The highest BCUT2D eigenvalue weighted by Gasteiger charge is 2.55. The van der Waals surface area contributed by atoms with E-state index in [1.165, 1.54) is 10.5 Å². The molecule has 1 aromatic rings. The van der Waals surface area contributed by atoms with Crippen molar-refractivity contribution in [1.29, 1.82) is 0 Å². The van der Waals surface area contributed by atoms with Crippen molar-refractivity contribution in [3.05, 3.63) is 53.6 Å². The van der Waals surface area contributed by atoms with Gasteiger partial charge in [0.25, 0.3) is 0 Å². The second-order valence-corrected chi connectivity index (χ2v) is 10.7. The molecule has 0 spiro atoms. The van der Waals surface area contributed by atoms with Gasteiger partial charge in [0.2, 0.25) is 0 Å². The van der Waals surface area contributed by atoms with Gasteiger partial charge in [-0.3, -0.25) is 14.5 Å². The fourth-order valence-corrected chi connectivity index (χ4v) is 3.67. The lowest BCUT2D eigenvalue weighted by Crippen LogP contribution is -2.48. The summed E-state index contributed by atoms with van der Waals surface area (Å²) in [5.41, 5.74) is 2.02. The summed E-state index contributed by atoms with van der Waals surface area (Å²) in [7, 11) is 1.65. The Hall–Kier alpha value is -2.69. The maximum absolute atomic E-state index is 12.1. The van der Waals surface area contributed by atoms with Gasteiger partial charge < -0.3 is 4.74 Å². The Morgan fingerprint density at radius 2 is 1.51 bits per heavy atom. The Morgan fingerprint density at radius 1 is 1.00 bits per heavy atom. The van der Waals surface area contributed by atoms with Crippen LogP contribution >= 0.6 is 0 Å². The van der Waals surface area contributed by atoms with Gasteiger partial charge >= 0.3 is 6.09 Å². The molecule has 1 aromatic carbocycles. The van der Waals surface area contributed by atoms with Crippen LogP contribution in [0.1, 0.15) is 97.5 Å². The predicted octanol–water partition coefficient (Wildman–Crippen LogP) is 7.51. The van der Waals surface area contributed by atoms with Crippen LogP contribution in [-0.4, -0.2) is 40.7 Å². The molecule has 5 nitrogen and oxygen atoms in total. The SMILES string of the molecule is C/C=C(\C=CCC)c1ccc(C(=O)C(C)C)cc1.CC(C)C(=O)C1(N(C)C(=O)OC(C)(C)C)CC1. The van der Waals surface area contributed by atoms with Gasteiger partial charge in [-0.05, 0) is 58.1 Å². The van der Waals surface area contributed by atoms with Crippen molar-refractivity contribution in [2.24, 2.45) is 11.8 Å². The molecular formula is C30H45NO4. The average Bonchev–Trinajstić information content (AvgIpc) is 3.59. The summed E-state index contributed by atoms with van der Waals surface area (Å²) >= 11 is 0. The Kier molecular flexibility index (Phi) is 11.1. The Bertz CT molecular complexity index is 926. The summed E-state index contributed by atoms with van der Waals surface area (Å²) in [4.78, 5) is 37.3. The monoisotopic (exact) mass is 483 g/mol. The van der Waals surface area contributed by atoms with E-state index in [9.17, 15) is 14.4 Å². The fraction of sp³-hybridized carbons (Fsp3) is 0.567. The summed E-state index contributed by atoms with van der Waals surface area (Å²) < 4.78 is 5.29. The van der Waals surface area contributed by atoms with E-state index in [0.29, 0.717) is 0 Å². The predicted molar refractivity (Wildman–Crippen MR) is 144 cm³/mol. The zero-order valence-corrected chi connectivity index (χ0v) is 23.4. The van der Waals surface area contributed by atoms with E-state index >= 15 is 0 Å². The molecule has 0 atom stereocenters. The lowest BCUT2D eigenvalue weighted by molar-refractivity contribution is -0.128. The van der Waals surface area contributed by atoms with Crippen molar-refractivity contribution >= 4 is 23.2 Å².